The van der Waals surface area contributed by atoms with E-state index in [1.165, 1.54) is 14.2 Å². The highest BCUT2D eigenvalue weighted by molar-refractivity contribution is 5.87. The monoisotopic (exact) mass is 268 g/mol. The standard InChI is InChI=1S/C12H10F2N2O3/c1-16-10(5-9(15-16)12(17)18)11-7(13)3-6(19-2)4-8(11)14/h3-5H,1-2H3,(H,17,18). The van der Waals surface area contributed by atoms with Gasteiger partial charge in [0.05, 0.1) is 18.4 Å². The van der Waals surface area contributed by atoms with Crippen molar-refractivity contribution in [3.63, 3.8) is 0 Å². The first-order valence-corrected chi connectivity index (χ1v) is 5.24. The number of hydrogen-bond donors (Lipinski definition) is 1. The first-order valence-electron chi connectivity index (χ1n) is 5.24. The molecule has 1 aromatic carbocycles. The van der Waals surface area contributed by atoms with E-state index in [0.29, 0.717) is 0 Å². The Hall–Kier alpha value is -2.44. The first kappa shape index (κ1) is 13.0. The predicted octanol–water partition coefficient (Wildman–Crippen LogP) is 2.07. The number of carboxylic acid groups (broad SMARTS) is 1. The van der Waals surface area contributed by atoms with Gasteiger partial charge >= 0.3 is 5.97 Å². The molecule has 100 valence electrons. The van der Waals surface area contributed by atoms with Crippen LogP contribution in [0.15, 0.2) is 18.2 Å². The van der Waals surface area contributed by atoms with Crippen molar-refractivity contribution in [2.24, 2.45) is 7.05 Å². The van der Waals surface area contributed by atoms with Crippen LogP contribution in [0.2, 0.25) is 0 Å². The number of carboxylic acids is 1. The van der Waals surface area contributed by atoms with E-state index in [9.17, 15) is 13.6 Å². The Labute approximate surface area is 107 Å². The Kier molecular flexibility index (Phi) is 3.20. The number of nitrogens with zero attached hydrogens (tertiary/aromatic N) is 2. The summed E-state index contributed by atoms with van der Waals surface area (Å²) in [6.45, 7) is 0. The molecule has 0 atom stereocenters. The van der Waals surface area contributed by atoms with Crippen molar-refractivity contribution in [2.45, 2.75) is 0 Å². The van der Waals surface area contributed by atoms with Crippen LogP contribution >= 0.6 is 0 Å². The minimum atomic E-state index is -1.27. The van der Waals surface area contributed by atoms with Crippen molar-refractivity contribution in [3.8, 4) is 17.0 Å². The van der Waals surface area contributed by atoms with Gasteiger partial charge in [0.2, 0.25) is 0 Å². The highest BCUT2D eigenvalue weighted by Crippen LogP contribution is 2.29. The lowest BCUT2D eigenvalue weighted by atomic mass is 10.1. The van der Waals surface area contributed by atoms with Gasteiger partial charge in [-0.1, -0.05) is 0 Å². The summed E-state index contributed by atoms with van der Waals surface area (Å²) in [5.74, 6) is -2.93. The van der Waals surface area contributed by atoms with Crippen molar-refractivity contribution in [1.82, 2.24) is 9.78 Å². The van der Waals surface area contributed by atoms with Crippen LogP contribution in [0.3, 0.4) is 0 Å². The Morgan fingerprint density at radius 2 is 1.89 bits per heavy atom. The quantitative estimate of drug-likeness (QED) is 0.925. The molecule has 0 unspecified atom stereocenters. The Bertz CT molecular complexity index is 629. The molecule has 19 heavy (non-hydrogen) atoms. The molecule has 1 aromatic heterocycles. The van der Waals surface area contributed by atoms with Gasteiger partial charge in [0.1, 0.15) is 17.4 Å². The van der Waals surface area contributed by atoms with Gasteiger partial charge in [-0.05, 0) is 6.07 Å². The Balaban J connectivity index is 2.62. The SMILES string of the molecule is COc1cc(F)c(-c2cc(C(=O)O)nn2C)c(F)c1. The summed E-state index contributed by atoms with van der Waals surface area (Å²) in [4.78, 5) is 10.8. The molecule has 5 nitrogen and oxygen atoms in total. The van der Waals surface area contributed by atoms with Gasteiger partial charge in [0.15, 0.2) is 5.69 Å². The highest BCUT2D eigenvalue weighted by atomic mass is 19.1. The number of halogens is 2. The Morgan fingerprint density at radius 1 is 1.32 bits per heavy atom. The van der Waals surface area contributed by atoms with E-state index in [2.05, 4.69) is 5.10 Å². The largest absolute Gasteiger partial charge is 0.497 e. The molecule has 2 rings (SSSR count). The summed E-state index contributed by atoms with van der Waals surface area (Å²) in [7, 11) is 2.70. The van der Waals surface area contributed by atoms with Crippen molar-refractivity contribution in [2.75, 3.05) is 7.11 Å². The molecule has 0 amide bonds. The van der Waals surface area contributed by atoms with E-state index >= 15 is 0 Å². The van der Waals surface area contributed by atoms with Crippen LogP contribution in [0.5, 0.6) is 5.75 Å². The van der Waals surface area contributed by atoms with Gasteiger partial charge in [-0.25, -0.2) is 13.6 Å². The average molecular weight is 268 g/mol. The van der Waals surface area contributed by atoms with Crippen LogP contribution < -0.4 is 4.74 Å². The highest BCUT2D eigenvalue weighted by Gasteiger charge is 2.20. The third-order valence-electron chi connectivity index (χ3n) is 2.61. The van der Waals surface area contributed by atoms with Gasteiger partial charge in [-0.3, -0.25) is 4.68 Å². The smallest absolute Gasteiger partial charge is 0.356 e. The molecule has 1 heterocycles. The number of aromatic carboxylic acids is 1. The maximum absolute atomic E-state index is 13.9. The molecule has 0 radical (unpaired) electrons. The molecule has 0 spiro atoms. The maximum atomic E-state index is 13.9. The summed E-state index contributed by atoms with van der Waals surface area (Å²) in [5, 5.41) is 12.5. The fourth-order valence-corrected chi connectivity index (χ4v) is 1.72. The molecule has 7 heteroatoms. The lowest BCUT2D eigenvalue weighted by Crippen LogP contribution is -2.00. The lowest BCUT2D eigenvalue weighted by molar-refractivity contribution is 0.0689. The molecule has 2 aromatic rings. The summed E-state index contributed by atoms with van der Waals surface area (Å²) < 4.78 is 33.6. The second-order valence-electron chi connectivity index (χ2n) is 3.81. The second-order valence-corrected chi connectivity index (χ2v) is 3.81. The molecule has 0 aliphatic carbocycles. The molecule has 0 saturated carbocycles. The van der Waals surface area contributed by atoms with E-state index in [0.717, 1.165) is 22.9 Å². The maximum Gasteiger partial charge on any atom is 0.356 e. The van der Waals surface area contributed by atoms with Crippen LogP contribution in [0.25, 0.3) is 11.3 Å². The Morgan fingerprint density at radius 3 is 2.32 bits per heavy atom. The minimum absolute atomic E-state index is 0.0371. The minimum Gasteiger partial charge on any atom is -0.497 e. The number of carbonyl (C=O) groups is 1. The van der Waals surface area contributed by atoms with Crippen LogP contribution in [-0.2, 0) is 7.05 Å². The van der Waals surface area contributed by atoms with Crippen LogP contribution in [-0.4, -0.2) is 28.0 Å². The normalized spacial score (nSPS) is 10.5. The summed E-state index contributed by atoms with van der Waals surface area (Å²) in [5.41, 5.74) is -0.592. The zero-order valence-electron chi connectivity index (χ0n) is 10.1. The number of aromatic nitrogens is 2. The number of aryl methyl sites for hydroxylation is 1. The molecule has 1 N–H and O–H groups in total. The van der Waals surface area contributed by atoms with Gasteiger partial charge in [-0.15, -0.1) is 0 Å². The van der Waals surface area contributed by atoms with Gasteiger partial charge in [0.25, 0.3) is 0 Å². The number of benzene rings is 1. The number of rotatable bonds is 3. The molecule has 0 aliphatic heterocycles. The summed E-state index contributed by atoms with van der Waals surface area (Å²) in [6.07, 6.45) is 0. The first-order chi connectivity index (χ1) is 8.93. The predicted molar refractivity (Wildman–Crippen MR) is 62.1 cm³/mol. The van der Waals surface area contributed by atoms with Crippen molar-refractivity contribution < 1.29 is 23.4 Å². The van der Waals surface area contributed by atoms with E-state index in [-0.39, 0.29) is 22.7 Å². The summed E-state index contributed by atoms with van der Waals surface area (Å²) >= 11 is 0. The molecule has 0 saturated heterocycles. The average Bonchev–Trinajstić information content (AvgIpc) is 2.71. The van der Waals surface area contributed by atoms with Gasteiger partial charge in [0, 0.05) is 19.2 Å². The van der Waals surface area contributed by atoms with Crippen LogP contribution in [0, 0.1) is 11.6 Å². The second kappa shape index (κ2) is 4.68. The van der Waals surface area contributed by atoms with Crippen LogP contribution in [0.4, 0.5) is 8.78 Å². The lowest BCUT2D eigenvalue weighted by Gasteiger charge is -2.07. The fraction of sp³-hybridized carbons (Fsp3) is 0.167. The third-order valence-corrected chi connectivity index (χ3v) is 2.61. The number of methoxy groups -OCH3 is 1. The van der Waals surface area contributed by atoms with Crippen molar-refractivity contribution in [1.29, 1.82) is 0 Å². The fourth-order valence-electron chi connectivity index (χ4n) is 1.72. The zero-order chi connectivity index (χ0) is 14.2. The van der Waals surface area contributed by atoms with E-state index in [1.807, 2.05) is 0 Å². The van der Waals surface area contributed by atoms with Crippen molar-refractivity contribution in [3.05, 3.63) is 35.5 Å². The van der Waals surface area contributed by atoms with Crippen LogP contribution in [0.1, 0.15) is 10.5 Å². The molecule has 0 aliphatic rings. The molecule has 0 fully saturated rings. The van der Waals surface area contributed by atoms with Gasteiger partial charge in [-0.2, -0.15) is 5.10 Å². The number of hydrogen-bond acceptors (Lipinski definition) is 3. The summed E-state index contributed by atoms with van der Waals surface area (Å²) in [6, 6.07) is 3.15. The van der Waals surface area contributed by atoms with E-state index < -0.39 is 17.6 Å². The molecular formula is C12H10F2N2O3. The number of ether oxygens (including phenoxy) is 1. The topological polar surface area (TPSA) is 64.3 Å². The van der Waals surface area contributed by atoms with E-state index in [4.69, 9.17) is 9.84 Å². The van der Waals surface area contributed by atoms with E-state index in [1.54, 1.807) is 0 Å². The third kappa shape index (κ3) is 2.26. The van der Waals surface area contributed by atoms with Crippen molar-refractivity contribution >= 4 is 5.97 Å². The molecular weight excluding hydrogens is 258 g/mol. The molecule has 0 bridgehead atoms. The van der Waals surface area contributed by atoms with Gasteiger partial charge < -0.3 is 9.84 Å². The zero-order valence-corrected chi connectivity index (χ0v) is 10.1.